The lowest BCUT2D eigenvalue weighted by atomic mass is 10.1. The first-order valence-electron chi connectivity index (χ1n) is 5.95. The van der Waals surface area contributed by atoms with Gasteiger partial charge in [0.15, 0.2) is 0 Å². The van der Waals surface area contributed by atoms with Crippen LogP contribution in [0.15, 0.2) is 24.3 Å². The molecule has 0 radical (unpaired) electrons. The molecule has 1 fully saturated rings. The highest BCUT2D eigenvalue weighted by molar-refractivity contribution is 7.88. The van der Waals surface area contributed by atoms with Crippen molar-refractivity contribution < 1.29 is 13.2 Å². The summed E-state index contributed by atoms with van der Waals surface area (Å²) in [7, 11) is -3.33. The summed E-state index contributed by atoms with van der Waals surface area (Å²) >= 11 is 0. The number of hydrogen-bond acceptors (Lipinski definition) is 4. The van der Waals surface area contributed by atoms with Crippen LogP contribution in [0.25, 0.3) is 0 Å². The lowest BCUT2D eigenvalue weighted by Gasteiger charge is -2.11. The Morgan fingerprint density at radius 1 is 1.39 bits per heavy atom. The van der Waals surface area contributed by atoms with Gasteiger partial charge in [-0.1, -0.05) is 18.2 Å². The second-order valence-corrected chi connectivity index (χ2v) is 6.34. The van der Waals surface area contributed by atoms with Gasteiger partial charge in [-0.25, -0.2) is 13.1 Å². The first-order chi connectivity index (χ1) is 8.57. The van der Waals surface area contributed by atoms with E-state index in [2.05, 4.69) is 4.72 Å². The molecule has 1 atom stereocenters. The maximum absolute atomic E-state index is 11.9. The molecule has 0 amide bonds. The van der Waals surface area contributed by atoms with Crippen LogP contribution in [0.1, 0.15) is 12.0 Å². The molecule has 18 heavy (non-hydrogen) atoms. The summed E-state index contributed by atoms with van der Waals surface area (Å²) in [5.74, 6) is 0.209. The Hall–Kier alpha value is -1.11. The van der Waals surface area contributed by atoms with Crippen LogP contribution in [-0.4, -0.2) is 28.2 Å². The fourth-order valence-corrected chi connectivity index (χ4v) is 3.17. The monoisotopic (exact) mass is 270 g/mol. The standard InChI is InChI=1S/C12H18N2O3S/c13-12-4-2-1-3-11(12)9-18(15,16)14-7-10-5-6-17-8-10/h1-4,10,14H,5-9,13H2. The quantitative estimate of drug-likeness (QED) is 0.773. The van der Waals surface area contributed by atoms with Crippen molar-refractivity contribution in [2.45, 2.75) is 12.2 Å². The van der Waals surface area contributed by atoms with Crippen LogP contribution in [0.2, 0.25) is 0 Å². The number of sulfonamides is 1. The van der Waals surface area contributed by atoms with E-state index in [4.69, 9.17) is 10.5 Å². The molecule has 100 valence electrons. The third kappa shape index (κ3) is 3.69. The van der Waals surface area contributed by atoms with Gasteiger partial charge in [-0.2, -0.15) is 0 Å². The third-order valence-corrected chi connectivity index (χ3v) is 4.31. The van der Waals surface area contributed by atoms with Crippen molar-refractivity contribution in [1.29, 1.82) is 0 Å². The van der Waals surface area contributed by atoms with Crippen LogP contribution in [-0.2, 0) is 20.5 Å². The van der Waals surface area contributed by atoms with E-state index in [0.29, 0.717) is 24.4 Å². The van der Waals surface area contributed by atoms with Crippen molar-refractivity contribution in [2.24, 2.45) is 5.92 Å². The van der Waals surface area contributed by atoms with E-state index in [-0.39, 0.29) is 11.7 Å². The molecule has 0 bridgehead atoms. The SMILES string of the molecule is Nc1ccccc1CS(=O)(=O)NCC1CCOC1. The van der Waals surface area contributed by atoms with E-state index in [1.165, 1.54) is 0 Å². The Morgan fingerprint density at radius 2 is 2.17 bits per heavy atom. The average molecular weight is 270 g/mol. The highest BCUT2D eigenvalue weighted by Gasteiger charge is 2.19. The van der Waals surface area contributed by atoms with Crippen molar-refractivity contribution in [1.82, 2.24) is 4.72 Å². The number of nitrogens with one attached hydrogen (secondary N) is 1. The largest absolute Gasteiger partial charge is 0.398 e. The minimum absolute atomic E-state index is 0.0761. The number of rotatable bonds is 5. The molecular formula is C12H18N2O3S. The Labute approximate surface area is 107 Å². The molecule has 3 N–H and O–H groups in total. The van der Waals surface area contributed by atoms with E-state index >= 15 is 0 Å². The van der Waals surface area contributed by atoms with Gasteiger partial charge in [0.25, 0.3) is 0 Å². The highest BCUT2D eigenvalue weighted by atomic mass is 32.2. The van der Waals surface area contributed by atoms with Crippen molar-refractivity contribution in [3.8, 4) is 0 Å². The Morgan fingerprint density at radius 3 is 2.83 bits per heavy atom. The topological polar surface area (TPSA) is 81.4 Å². The highest BCUT2D eigenvalue weighted by Crippen LogP contribution is 2.15. The Balaban J connectivity index is 1.92. The van der Waals surface area contributed by atoms with Gasteiger partial charge in [0, 0.05) is 18.8 Å². The van der Waals surface area contributed by atoms with Crippen LogP contribution in [0.5, 0.6) is 0 Å². The van der Waals surface area contributed by atoms with Crippen LogP contribution in [0.3, 0.4) is 0 Å². The molecule has 0 saturated carbocycles. The maximum atomic E-state index is 11.9. The minimum Gasteiger partial charge on any atom is -0.398 e. The molecule has 0 aromatic heterocycles. The molecule has 6 heteroatoms. The Bertz CT molecular complexity index is 496. The molecule has 1 aliphatic heterocycles. The lowest BCUT2D eigenvalue weighted by Crippen LogP contribution is -2.30. The zero-order valence-corrected chi connectivity index (χ0v) is 10.9. The van der Waals surface area contributed by atoms with Gasteiger partial charge in [0.1, 0.15) is 0 Å². The van der Waals surface area contributed by atoms with Crippen LogP contribution < -0.4 is 10.5 Å². The van der Waals surface area contributed by atoms with Crippen LogP contribution >= 0.6 is 0 Å². The summed E-state index contributed by atoms with van der Waals surface area (Å²) in [6.07, 6.45) is 0.913. The normalized spacial score (nSPS) is 20.1. The molecule has 5 nitrogen and oxygen atoms in total. The van der Waals surface area contributed by atoms with Crippen LogP contribution in [0.4, 0.5) is 5.69 Å². The second-order valence-electron chi connectivity index (χ2n) is 4.54. The van der Waals surface area contributed by atoms with Gasteiger partial charge >= 0.3 is 0 Å². The molecule has 1 aromatic carbocycles. The smallest absolute Gasteiger partial charge is 0.215 e. The molecule has 0 aliphatic carbocycles. The van der Waals surface area contributed by atoms with Crippen molar-refractivity contribution in [2.75, 3.05) is 25.5 Å². The minimum atomic E-state index is -3.33. The summed E-state index contributed by atoms with van der Waals surface area (Å²) in [5, 5.41) is 0. The van der Waals surface area contributed by atoms with Gasteiger partial charge in [-0.3, -0.25) is 0 Å². The van der Waals surface area contributed by atoms with E-state index in [1.807, 2.05) is 0 Å². The molecule has 1 heterocycles. The number of nitrogen functional groups attached to an aromatic ring is 1. The van der Waals surface area contributed by atoms with Crippen molar-refractivity contribution in [3.63, 3.8) is 0 Å². The summed E-state index contributed by atoms with van der Waals surface area (Å²) in [5.41, 5.74) is 6.87. The van der Waals surface area contributed by atoms with Crippen molar-refractivity contribution in [3.05, 3.63) is 29.8 Å². The van der Waals surface area contributed by atoms with E-state index < -0.39 is 10.0 Å². The predicted octanol–water partition coefficient (Wildman–Crippen LogP) is 0.725. The van der Waals surface area contributed by atoms with Gasteiger partial charge in [0.05, 0.1) is 12.4 Å². The summed E-state index contributed by atoms with van der Waals surface area (Å²) < 4.78 is 31.6. The predicted molar refractivity (Wildman–Crippen MR) is 70.4 cm³/mol. The molecule has 2 rings (SSSR count). The Kier molecular flexibility index (Phi) is 4.21. The zero-order chi connectivity index (χ0) is 13.0. The molecular weight excluding hydrogens is 252 g/mol. The first kappa shape index (κ1) is 13.3. The van der Waals surface area contributed by atoms with Gasteiger partial charge < -0.3 is 10.5 Å². The summed E-state index contributed by atoms with van der Waals surface area (Å²) in [6, 6.07) is 7.00. The van der Waals surface area contributed by atoms with Gasteiger partial charge in [0.2, 0.25) is 10.0 Å². The fourth-order valence-electron chi connectivity index (χ4n) is 1.91. The third-order valence-electron chi connectivity index (χ3n) is 3.02. The first-order valence-corrected chi connectivity index (χ1v) is 7.60. The van der Waals surface area contributed by atoms with E-state index in [1.54, 1.807) is 24.3 Å². The van der Waals surface area contributed by atoms with Gasteiger partial charge in [-0.05, 0) is 24.0 Å². The number of nitrogens with two attached hydrogens (primary N) is 1. The second kappa shape index (κ2) is 5.69. The van der Waals surface area contributed by atoms with Crippen LogP contribution in [0, 0.1) is 5.92 Å². The number of hydrogen-bond donors (Lipinski definition) is 2. The molecule has 1 saturated heterocycles. The summed E-state index contributed by atoms with van der Waals surface area (Å²) in [4.78, 5) is 0. The average Bonchev–Trinajstić information content (AvgIpc) is 2.83. The molecule has 1 aromatic rings. The van der Waals surface area contributed by atoms with E-state index in [9.17, 15) is 8.42 Å². The number of ether oxygens (including phenoxy) is 1. The molecule has 1 unspecified atom stereocenters. The van der Waals surface area contributed by atoms with Gasteiger partial charge in [-0.15, -0.1) is 0 Å². The fraction of sp³-hybridized carbons (Fsp3) is 0.500. The number of benzene rings is 1. The molecule has 1 aliphatic rings. The lowest BCUT2D eigenvalue weighted by molar-refractivity contribution is 0.186. The maximum Gasteiger partial charge on any atom is 0.215 e. The number of para-hydroxylation sites is 1. The van der Waals surface area contributed by atoms with Crippen molar-refractivity contribution >= 4 is 15.7 Å². The van der Waals surface area contributed by atoms with E-state index in [0.717, 1.165) is 13.0 Å². The zero-order valence-electron chi connectivity index (χ0n) is 10.1. The summed E-state index contributed by atoms with van der Waals surface area (Å²) in [6.45, 7) is 1.79. The number of anilines is 1. The molecule has 0 spiro atoms.